The first-order valence-corrected chi connectivity index (χ1v) is 5.39. The van der Waals surface area contributed by atoms with Crippen LogP contribution in [-0.2, 0) is 4.79 Å². The average molecular weight is 213 g/mol. The summed E-state index contributed by atoms with van der Waals surface area (Å²) < 4.78 is 0. The van der Waals surface area contributed by atoms with E-state index in [1.54, 1.807) is 6.92 Å². The lowest BCUT2D eigenvalue weighted by Gasteiger charge is -2.16. The van der Waals surface area contributed by atoms with Crippen LogP contribution in [0.2, 0.25) is 0 Å². The van der Waals surface area contributed by atoms with Crippen LogP contribution in [0.15, 0.2) is 47.0 Å². The summed E-state index contributed by atoms with van der Waals surface area (Å²) in [5.41, 5.74) is 2.35. The Bertz CT molecular complexity index is 481. The van der Waals surface area contributed by atoms with E-state index >= 15 is 0 Å². The molecule has 1 aliphatic rings. The first-order valence-electron chi connectivity index (χ1n) is 5.39. The smallest absolute Gasteiger partial charge is 0.158 e. The zero-order chi connectivity index (χ0) is 11.8. The molecule has 82 valence electrons. The van der Waals surface area contributed by atoms with Crippen molar-refractivity contribution in [2.75, 3.05) is 0 Å². The standard InChI is InChI=1S/C14H15NO/c1-10(16)12-9-13(15-14(12,2)3)11-7-5-4-6-8-11/h4-9H,1-3H3. The molecule has 0 bridgehead atoms. The van der Waals surface area contributed by atoms with Crippen LogP contribution in [0.3, 0.4) is 0 Å². The predicted octanol–water partition coefficient (Wildman–Crippen LogP) is 2.78. The van der Waals surface area contributed by atoms with Gasteiger partial charge in [-0.1, -0.05) is 30.3 Å². The number of hydrogen-bond donors (Lipinski definition) is 0. The van der Waals surface area contributed by atoms with Gasteiger partial charge in [0.2, 0.25) is 0 Å². The van der Waals surface area contributed by atoms with Gasteiger partial charge in [-0.05, 0) is 32.4 Å². The maximum Gasteiger partial charge on any atom is 0.158 e. The van der Waals surface area contributed by atoms with Crippen molar-refractivity contribution in [2.45, 2.75) is 26.3 Å². The fourth-order valence-corrected chi connectivity index (χ4v) is 2.00. The largest absolute Gasteiger partial charge is 0.295 e. The first-order chi connectivity index (χ1) is 7.50. The summed E-state index contributed by atoms with van der Waals surface area (Å²) in [6.07, 6.45) is 1.90. The third-order valence-electron chi connectivity index (χ3n) is 2.79. The summed E-state index contributed by atoms with van der Waals surface area (Å²) in [5, 5.41) is 0. The Balaban J connectivity index is 2.44. The van der Waals surface area contributed by atoms with Gasteiger partial charge >= 0.3 is 0 Å². The molecule has 0 spiro atoms. The van der Waals surface area contributed by atoms with Crippen LogP contribution in [0, 0.1) is 0 Å². The number of hydrogen-bond acceptors (Lipinski definition) is 2. The van der Waals surface area contributed by atoms with Gasteiger partial charge in [0.15, 0.2) is 5.78 Å². The highest BCUT2D eigenvalue weighted by Crippen LogP contribution is 2.29. The Morgan fingerprint density at radius 2 is 1.81 bits per heavy atom. The minimum Gasteiger partial charge on any atom is -0.295 e. The van der Waals surface area contributed by atoms with E-state index in [1.165, 1.54) is 0 Å². The number of benzene rings is 1. The number of carbonyl (C=O) groups is 1. The molecule has 0 fully saturated rings. The highest BCUT2D eigenvalue weighted by Gasteiger charge is 2.31. The number of rotatable bonds is 2. The van der Waals surface area contributed by atoms with Gasteiger partial charge in [-0.15, -0.1) is 0 Å². The van der Waals surface area contributed by atoms with Crippen molar-refractivity contribution < 1.29 is 4.79 Å². The maximum atomic E-state index is 11.5. The number of aliphatic imine (C=N–C) groups is 1. The summed E-state index contributed by atoms with van der Waals surface area (Å²) in [7, 11) is 0. The molecule has 1 heterocycles. The lowest BCUT2D eigenvalue weighted by molar-refractivity contribution is -0.114. The Kier molecular flexibility index (Phi) is 2.50. The molecule has 1 aliphatic heterocycles. The van der Waals surface area contributed by atoms with E-state index in [0.717, 1.165) is 16.8 Å². The van der Waals surface area contributed by atoms with Crippen LogP contribution >= 0.6 is 0 Å². The van der Waals surface area contributed by atoms with Gasteiger partial charge in [0.05, 0.1) is 11.3 Å². The Hall–Kier alpha value is -1.70. The zero-order valence-electron chi connectivity index (χ0n) is 9.82. The van der Waals surface area contributed by atoms with E-state index in [2.05, 4.69) is 4.99 Å². The average Bonchev–Trinajstić information content (AvgIpc) is 2.56. The van der Waals surface area contributed by atoms with Crippen molar-refractivity contribution in [3.63, 3.8) is 0 Å². The highest BCUT2D eigenvalue weighted by molar-refractivity contribution is 6.16. The minimum atomic E-state index is -0.392. The van der Waals surface area contributed by atoms with Gasteiger partial charge in [-0.2, -0.15) is 0 Å². The van der Waals surface area contributed by atoms with Crippen molar-refractivity contribution in [3.05, 3.63) is 47.5 Å². The molecule has 0 radical (unpaired) electrons. The van der Waals surface area contributed by atoms with E-state index in [-0.39, 0.29) is 5.78 Å². The van der Waals surface area contributed by atoms with Crippen molar-refractivity contribution in [1.29, 1.82) is 0 Å². The molecule has 1 aromatic rings. The van der Waals surface area contributed by atoms with Crippen LogP contribution in [0.5, 0.6) is 0 Å². The van der Waals surface area contributed by atoms with Gasteiger partial charge in [0.25, 0.3) is 0 Å². The number of Topliss-reactive ketones (excluding diaryl/α,β-unsaturated/α-hetero) is 1. The quantitative estimate of drug-likeness (QED) is 0.742. The Labute approximate surface area is 95.7 Å². The monoisotopic (exact) mass is 213 g/mol. The van der Waals surface area contributed by atoms with Crippen LogP contribution in [0.4, 0.5) is 0 Å². The summed E-state index contributed by atoms with van der Waals surface area (Å²) in [6.45, 7) is 5.53. The first kappa shape index (κ1) is 10.8. The molecule has 0 unspecified atom stereocenters. The summed E-state index contributed by atoms with van der Waals surface area (Å²) in [5.74, 6) is 0.0969. The van der Waals surface area contributed by atoms with Gasteiger partial charge < -0.3 is 0 Å². The number of ketones is 1. The molecule has 0 amide bonds. The van der Waals surface area contributed by atoms with E-state index in [1.807, 2.05) is 50.3 Å². The maximum absolute atomic E-state index is 11.5. The molecule has 2 rings (SSSR count). The number of allylic oxidation sites excluding steroid dienone is 1. The van der Waals surface area contributed by atoms with Crippen LogP contribution in [-0.4, -0.2) is 17.0 Å². The van der Waals surface area contributed by atoms with Crippen molar-refractivity contribution >= 4 is 11.5 Å². The van der Waals surface area contributed by atoms with Gasteiger partial charge in [0, 0.05) is 5.57 Å². The second kappa shape index (κ2) is 3.71. The summed E-state index contributed by atoms with van der Waals surface area (Å²) in [4.78, 5) is 16.1. The fourth-order valence-electron chi connectivity index (χ4n) is 2.00. The molecule has 0 N–H and O–H groups in total. The van der Waals surface area contributed by atoms with Gasteiger partial charge in [0.1, 0.15) is 0 Å². The second-order valence-corrected chi connectivity index (χ2v) is 4.54. The Morgan fingerprint density at radius 3 is 2.31 bits per heavy atom. The molecule has 0 saturated carbocycles. The van der Waals surface area contributed by atoms with E-state index < -0.39 is 5.54 Å². The van der Waals surface area contributed by atoms with E-state index in [0.29, 0.717) is 0 Å². The minimum absolute atomic E-state index is 0.0969. The molecular formula is C14H15NO. The van der Waals surface area contributed by atoms with Crippen LogP contribution < -0.4 is 0 Å². The predicted molar refractivity (Wildman–Crippen MR) is 65.8 cm³/mol. The topological polar surface area (TPSA) is 29.4 Å². The normalized spacial score (nSPS) is 17.9. The molecule has 0 saturated heterocycles. The molecule has 0 aromatic heterocycles. The summed E-state index contributed by atoms with van der Waals surface area (Å²) >= 11 is 0. The van der Waals surface area contributed by atoms with Crippen molar-refractivity contribution in [1.82, 2.24) is 0 Å². The molecule has 2 heteroatoms. The molecule has 0 atom stereocenters. The molecule has 1 aromatic carbocycles. The fraction of sp³-hybridized carbons (Fsp3) is 0.286. The molecular weight excluding hydrogens is 198 g/mol. The number of carbonyl (C=O) groups excluding carboxylic acids is 1. The molecule has 16 heavy (non-hydrogen) atoms. The van der Waals surface area contributed by atoms with Crippen molar-refractivity contribution in [3.8, 4) is 0 Å². The van der Waals surface area contributed by atoms with E-state index in [9.17, 15) is 4.79 Å². The highest BCUT2D eigenvalue weighted by atomic mass is 16.1. The lowest BCUT2D eigenvalue weighted by atomic mass is 9.93. The number of nitrogens with zero attached hydrogens (tertiary/aromatic N) is 1. The lowest BCUT2D eigenvalue weighted by Crippen LogP contribution is -2.21. The zero-order valence-corrected chi connectivity index (χ0v) is 9.82. The molecule has 0 aliphatic carbocycles. The van der Waals surface area contributed by atoms with Crippen LogP contribution in [0.25, 0.3) is 0 Å². The third-order valence-corrected chi connectivity index (χ3v) is 2.79. The van der Waals surface area contributed by atoms with E-state index in [4.69, 9.17) is 0 Å². The third kappa shape index (κ3) is 1.83. The van der Waals surface area contributed by atoms with Crippen molar-refractivity contribution in [2.24, 2.45) is 4.99 Å². The summed E-state index contributed by atoms with van der Waals surface area (Å²) in [6, 6.07) is 9.94. The Morgan fingerprint density at radius 1 is 1.19 bits per heavy atom. The van der Waals surface area contributed by atoms with Crippen LogP contribution in [0.1, 0.15) is 26.3 Å². The van der Waals surface area contributed by atoms with Gasteiger partial charge in [-0.3, -0.25) is 9.79 Å². The SMILES string of the molecule is CC(=O)C1=CC(c2ccccc2)=NC1(C)C. The second-order valence-electron chi connectivity index (χ2n) is 4.54. The van der Waals surface area contributed by atoms with Gasteiger partial charge in [-0.25, -0.2) is 0 Å². The molecule has 2 nitrogen and oxygen atoms in total.